The minimum atomic E-state index is -0.0862. The van der Waals surface area contributed by atoms with Crippen molar-refractivity contribution in [3.8, 4) is 0 Å². The van der Waals surface area contributed by atoms with Crippen molar-refractivity contribution in [1.29, 1.82) is 0 Å². The van der Waals surface area contributed by atoms with Crippen molar-refractivity contribution < 1.29 is 4.39 Å². The molecule has 1 aliphatic rings. The largest absolute Gasteiger partial charge is 0.319 e. The van der Waals surface area contributed by atoms with Crippen LogP contribution in [0, 0.1) is 11.7 Å². The van der Waals surface area contributed by atoms with Gasteiger partial charge in [-0.1, -0.05) is 22.4 Å². The van der Waals surface area contributed by atoms with Gasteiger partial charge >= 0.3 is 0 Å². The van der Waals surface area contributed by atoms with Crippen LogP contribution in [-0.4, -0.2) is 31.1 Å². The first kappa shape index (κ1) is 16.9. The maximum atomic E-state index is 14.5. The number of nitrogens with one attached hydrogen (secondary N) is 1. The average molecular weight is 357 g/mol. The minimum absolute atomic E-state index is 0.0862. The van der Waals surface area contributed by atoms with Crippen molar-refractivity contribution in [3.05, 3.63) is 34.1 Å². The second-order valence-corrected chi connectivity index (χ2v) is 7.17. The standard InChI is InChI=1S/C17H26BrFN2/c1-12(2)21-9-5-4-6-13(11-20-3)17(21)15-10-14(18)7-8-16(15)19/h7-8,10,12-13,17,20H,4-6,9,11H2,1-3H3. The summed E-state index contributed by atoms with van der Waals surface area (Å²) in [6, 6.07) is 5.90. The van der Waals surface area contributed by atoms with E-state index in [1.807, 2.05) is 13.1 Å². The lowest BCUT2D eigenvalue weighted by atomic mass is 9.88. The van der Waals surface area contributed by atoms with Crippen LogP contribution < -0.4 is 5.32 Å². The lowest BCUT2D eigenvalue weighted by Crippen LogP contribution is -2.40. The van der Waals surface area contributed by atoms with Crippen LogP contribution in [-0.2, 0) is 0 Å². The van der Waals surface area contributed by atoms with Crippen LogP contribution in [0.3, 0.4) is 0 Å². The molecule has 4 heteroatoms. The van der Waals surface area contributed by atoms with Crippen molar-refractivity contribution in [2.45, 2.75) is 45.2 Å². The lowest BCUT2D eigenvalue weighted by Gasteiger charge is -2.38. The molecule has 2 nitrogen and oxygen atoms in total. The Balaban J connectivity index is 2.44. The summed E-state index contributed by atoms with van der Waals surface area (Å²) in [4.78, 5) is 2.47. The lowest BCUT2D eigenvalue weighted by molar-refractivity contribution is 0.115. The third-order valence-corrected chi connectivity index (χ3v) is 4.94. The SMILES string of the molecule is CNCC1CCCCN(C(C)C)C1c1cc(Br)ccc1F. The molecule has 0 amide bonds. The molecule has 1 fully saturated rings. The molecule has 2 atom stereocenters. The second kappa shape index (κ2) is 7.70. The number of halogens is 2. The molecule has 21 heavy (non-hydrogen) atoms. The first-order valence-corrected chi connectivity index (χ1v) is 8.69. The highest BCUT2D eigenvalue weighted by molar-refractivity contribution is 9.10. The summed E-state index contributed by atoms with van der Waals surface area (Å²) in [6.07, 6.45) is 3.58. The molecular weight excluding hydrogens is 331 g/mol. The molecule has 0 aromatic heterocycles. The Labute approximate surface area is 136 Å². The average Bonchev–Trinajstić information content (AvgIpc) is 2.64. The molecule has 0 bridgehead atoms. The smallest absolute Gasteiger partial charge is 0.128 e. The highest BCUT2D eigenvalue weighted by Crippen LogP contribution is 2.38. The fraction of sp³-hybridized carbons (Fsp3) is 0.647. The van der Waals surface area contributed by atoms with E-state index in [2.05, 4.69) is 40.0 Å². The fourth-order valence-corrected chi connectivity index (χ4v) is 3.88. The molecular formula is C17H26BrFN2. The topological polar surface area (TPSA) is 15.3 Å². The van der Waals surface area contributed by atoms with Crippen LogP contribution in [0.1, 0.15) is 44.7 Å². The Kier molecular flexibility index (Phi) is 6.20. The molecule has 0 spiro atoms. The Hall–Kier alpha value is -0.450. The molecule has 118 valence electrons. The van der Waals surface area contributed by atoms with Gasteiger partial charge < -0.3 is 5.32 Å². The zero-order valence-corrected chi connectivity index (χ0v) is 14.8. The summed E-state index contributed by atoms with van der Waals surface area (Å²) in [7, 11) is 1.99. The summed E-state index contributed by atoms with van der Waals surface area (Å²) in [5.41, 5.74) is 0.834. The van der Waals surface area contributed by atoms with E-state index in [0.717, 1.165) is 29.5 Å². The van der Waals surface area contributed by atoms with Gasteiger partial charge in [0.15, 0.2) is 0 Å². The van der Waals surface area contributed by atoms with E-state index in [-0.39, 0.29) is 11.9 Å². The summed E-state index contributed by atoms with van der Waals surface area (Å²) < 4.78 is 15.4. The van der Waals surface area contributed by atoms with Gasteiger partial charge in [0.05, 0.1) is 0 Å². The Morgan fingerprint density at radius 1 is 1.38 bits per heavy atom. The van der Waals surface area contributed by atoms with Gasteiger partial charge in [0.25, 0.3) is 0 Å². The zero-order chi connectivity index (χ0) is 15.4. The monoisotopic (exact) mass is 356 g/mol. The number of nitrogens with zero attached hydrogens (tertiary/aromatic N) is 1. The number of benzene rings is 1. The van der Waals surface area contributed by atoms with E-state index in [1.165, 1.54) is 12.8 Å². The molecule has 0 saturated carbocycles. The van der Waals surface area contributed by atoms with E-state index in [1.54, 1.807) is 12.1 Å². The summed E-state index contributed by atoms with van der Waals surface area (Å²) >= 11 is 3.50. The first-order chi connectivity index (χ1) is 10.0. The van der Waals surface area contributed by atoms with Crippen LogP contribution in [0.4, 0.5) is 4.39 Å². The van der Waals surface area contributed by atoms with E-state index >= 15 is 0 Å². The summed E-state index contributed by atoms with van der Waals surface area (Å²) in [5, 5.41) is 3.30. The van der Waals surface area contributed by atoms with Crippen LogP contribution in [0.5, 0.6) is 0 Å². The van der Waals surface area contributed by atoms with E-state index < -0.39 is 0 Å². The van der Waals surface area contributed by atoms with E-state index in [0.29, 0.717) is 12.0 Å². The summed E-state index contributed by atoms with van der Waals surface area (Å²) in [5.74, 6) is 0.362. The third-order valence-electron chi connectivity index (χ3n) is 4.45. The molecule has 2 rings (SSSR count). The predicted octanol–water partition coefficient (Wildman–Crippen LogP) is 4.36. The van der Waals surface area contributed by atoms with Crippen molar-refractivity contribution in [1.82, 2.24) is 10.2 Å². The van der Waals surface area contributed by atoms with Crippen LogP contribution in [0.2, 0.25) is 0 Å². The molecule has 1 aliphatic heterocycles. The molecule has 2 unspecified atom stereocenters. The molecule has 1 aromatic rings. The van der Waals surface area contributed by atoms with E-state index in [9.17, 15) is 4.39 Å². The van der Waals surface area contributed by atoms with Crippen molar-refractivity contribution in [2.75, 3.05) is 20.1 Å². The normalized spacial score (nSPS) is 24.3. The molecule has 1 saturated heterocycles. The fourth-order valence-electron chi connectivity index (χ4n) is 3.50. The molecule has 1 heterocycles. The second-order valence-electron chi connectivity index (χ2n) is 6.26. The van der Waals surface area contributed by atoms with Crippen LogP contribution in [0.15, 0.2) is 22.7 Å². The van der Waals surface area contributed by atoms with Gasteiger partial charge in [-0.3, -0.25) is 4.90 Å². The highest BCUT2D eigenvalue weighted by Gasteiger charge is 2.33. The maximum Gasteiger partial charge on any atom is 0.128 e. The van der Waals surface area contributed by atoms with Gasteiger partial charge in [-0.15, -0.1) is 0 Å². The number of hydrogen-bond acceptors (Lipinski definition) is 2. The maximum absolute atomic E-state index is 14.5. The first-order valence-electron chi connectivity index (χ1n) is 7.90. The van der Waals surface area contributed by atoms with Crippen LogP contribution >= 0.6 is 15.9 Å². The molecule has 0 aliphatic carbocycles. The van der Waals surface area contributed by atoms with Crippen molar-refractivity contribution in [3.63, 3.8) is 0 Å². The quantitative estimate of drug-likeness (QED) is 0.861. The van der Waals surface area contributed by atoms with Gasteiger partial charge in [0, 0.05) is 22.1 Å². The summed E-state index contributed by atoms with van der Waals surface area (Å²) in [6.45, 7) is 6.41. The predicted molar refractivity (Wildman–Crippen MR) is 90.0 cm³/mol. The van der Waals surface area contributed by atoms with Crippen molar-refractivity contribution in [2.24, 2.45) is 5.92 Å². The van der Waals surface area contributed by atoms with Crippen LogP contribution in [0.25, 0.3) is 0 Å². The van der Waals surface area contributed by atoms with Gasteiger partial charge in [0.2, 0.25) is 0 Å². The number of rotatable bonds is 4. The minimum Gasteiger partial charge on any atom is -0.319 e. The third kappa shape index (κ3) is 4.05. The number of likely N-dealkylation sites (tertiary alicyclic amines) is 1. The Morgan fingerprint density at radius 3 is 2.81 bits per heavy atom. The molecule has 0 radical (unpaired) electrons. The van der Waals surface area contributed by atoms with Gasteiger partial charge in [-0.25, -0.2) is 4.39 Å². The van der Waals surface area contributed by atoms with Crippen molar-refractivity contribution >= 4 is 15.9 Å². The van der Waals surface area contributed by atoms with Gasteiger partial charge in [-0.2, -0.15) is 0 Å². The Bertz CT molecular complexity index is 464. The number of hydrogen-bond donors (Lipinski definition) is 1. The molecule has 1 aromatic carbocycles. The highest BCUT2D eigenvalue weighted by atomic mass is 79.9. The van der Waals surface area contributed by atoms with Gasteiger partial charge in [0.1, 0.15) is 5.82 Å². The van der Waals surface area contributed by atoms with E-state index in [4.69, 9.17) is 0 Å². The molecule has 1 N–H and O–H groups in total. The van der Waals surface area contributed by atoms with Gasteiger partial charge in [-0.05, 0) is 70.9 Å². The Morgan fingerprint density at radius 2 is 2.14 bits per heavy atom. The zero-order valence-electron chi connectivity index (χ0n) is 13.2.